The Labute approximate surface area is 142 Å². The molecule has 23 heavy (non-hydrogen) atoms. The summed E-state index contributed by atoms with van der Waals surface area (Å²) in [5.74, 6) is 0. The third-order valence-corrected chi connectivity index (χ3v) is 6.05. The molecule has 1 amide bonds. The van der Waals surface area contributed by atoms with Gasteiger partial charge in [-0.15, -0.1) is 0 Å². The van der Waals surface area contributed by atoms with Gasteiger partial charge in [-0.25, -0.2) is 13.2 Å². The summed E-state index contributed by atoms with van der Waals surface area (Å²) in [4.78, 5) is 13.9. The predicted octanol–water partition coefficient (Wildman–Crippen LogP) is 3.51. The van der Waals surface area contributed by atoms with Crippen molar-refractivity contribution in [2.45, 2.75) is 49.4 Å². The molecule has 1 aromatic rings. The molecule has 1 aromatic carbocycles. The van der Waals surface area contributed by atoms with Gasteiger partial charge in [-0.1, -0.05) is 11.6 Å². The largest absolute Gasteiger partial charge is 0.444 e. The second-order valence-electron chi connectivity index (χ2n) is 6.69. The van der Waals surface area contributed by atoms with E-state index >= 15 is 0 Å². The number of ether oxygens (including phenoxy) is 1. The maximum absolute atomic E-state index is 12.7. The number of benzene rings is 1. The minimum absolute atomic E-state index is 0.153. The molecule has 0 radical (unpaired) electrons. The molecule has 0 aliphatic carbocycles. The first-order valence-electron chi connectivity index (χ1n) is 7.57. The number of likely N-dealkylation sites (tertiary alicyclic amines) is 1. The quantitative estimate of drug-likeness (QED) is 0.810. The maximum Gasteiger partial charge on any atom is 0.410 e. The van der Waals surface area contributed by atoms with Crippen molar-refractivity contribution in [1.29, 1.82) is 0 Å². The lowest BCUT2D eigenvalue weighted by molar-refractivity contribution is 0.0219. The molecule has 2 rings (SSSR count). The van der Waals surface area contributed by atoms with Crippen LogP contribution in [0.2, 0.25) is 5.02 Å². The third kappa shape index (κ3) is 4.61. The summed E-state index contributed by atoms with van der Waals surface area (Å²) in [6.45, 7) is 6.03. The summed E-state index contributed by atoms with van der Waals surface area (Å²) in [6.07, 6.45) is 0.703. The molecule has 0 aromatic heterocycles. The predicted molar refractivity (Wildman–Crippen MR) is 89.5 cm³/mol. The molecular weight excluding hydrogens is 338 g/mol. The number of hydrogen-bond donors (Lipinski definition) is 0. The van der Waals surface area contributed by atoms with Gasteiger partial charge in [0.2, 0.25) is 0 Å². The number of nitrogens with zero attached hydrogens (tertiary/aromatic N) is 1. The number of piperidine rings is 1. The van der Waals surface area contributed by atoms with E-state index in [9.17, 15) is 13.2 Å². The fraction of sp³-hybridized carbons (Fsp3) is 0.562. The Bertz CT molecular complexity index is 664. The maximum atomic E-state index is 12.7. The number of hydrogen-bond acceptors (Lipinski definition) is 4. The number of halogens is 1. The zero-order chi connectivity index (χ0) is 17.3. The van der Waals surface area contributed by atoms with Crippen LogP contribution in [-0.4, -0.2) is 43.4 Å². The van der Waals surface area contributed by atoms with Gasteiger partial charge in [0, 0.05) is 18.1 Å². The Morgan fingerprint density at radius 3 is 2.43 bits per heavy atom. The van der Waals surface area contributed by atoms with Gasteiger partial charge < -0.3 is 9.64 Å². The van der Waals surface area contributed by atoms with E-state index in [1.807, 2.05) is 0 Å². The normalized spacial score (nSPS) is 19.5. The fourth-order valence-electron chi connectivity index (χ4n) is 2.50. The summed E-state index contributed by atoms with van der Waals surface area (Å²) in [7, 11) is -3.50. The van der Waals surface area contributed by atoms with Crippen LogP contribution in [0.5, 0.6) is 0 Å². The van der Waals surface area contributed by atoms with Crippen LogP contribution in [0.4, 0.5) is 4.79 Å². The van der Waals surface area contributed by atoms with Crippen molar-refractivity contribution in [3.63, 3.8) is 0 Å². The van der Waals surface area contributed by atoms with Gasteiger partial charge in [-0.2, -0.15) is 0 Å². The Hall–Kier alpha value is -1.27. The smallest absolute Gasteiger partial charge is 0.410 e. The summed E-state index contributed by atoms with van der Waals surface area (Å²) in [5, 5.41) is -0.132. The standard InChI is InChI=1S/C16H22ClNO4S/c1-16(2,3)22-15(19)18-10-4-5-14(11-18)23(20,21)13-8-6-12(17)7-9-13/h6-9,14H,4-5,10-11H2,1-3H3. The van der Waals surface area contributed by atoms with Crippen molar-refractivity contribution in [3.05, 3.63) is 29.3 Å². The van der Waals surface area contributed by atoms with Crippen LogP contribution in [-0.2, 0) is 14.6 Å². The molecule has 5 nitrogen and oxygen atoms in total. The Morgan fingerprint density at radius 1 is 1.26 bits per heavy atom. The minimum atomic E-state index is -3.50. The molecule has 128 valence electrons. The molecule has 0 bridgehead atoms. The molecule has 1 saturated heterocycles. The summed E-state index contributed by atoms with van der Waals surface area (Å²) < 4.78 is 30.8. The number of carbonyl (C=O) groups is 1. The lowest BCUT2D eigenvalue weighted by Gasteiger charge is -2.33. The molecule has 1 fully saturated rings. The van der Waals surface area contributed by atoms with Gasteiger partial charge >= 0.3 is 6.09 Å². The average Bonchev–Trinajstić information content (AvgIpc) is 2.46. The van der Waals surface area contributed by atoms with Crippen LogP contribution >= 0.6 is 11.6 Å². The fourth-order valence-corrected chi connectivity index (χ4v) is 4.38. The molecule has 1 heterocycles. The molecule has 0 saturated carbocycles. The van der Waals surface area contributed by atoms with E-state index in [0.717, 1.165) is 0 Å². The van der Waals surface area contributed by atoms with Gasteiger partial charge in [0.1, 0.15) is 5.60 Å². The van der Waals surface area contributed by atoms with Crippen LogP contribution in [0.1, 0.15) is 33.6 Å². The lowest BCUT2D eigenvalue weighted by Crippen LogP contribution is -2.47. The van der Waals surface area contributed by atoms with E-state index in [-0.39, 0.29) is 11.4 Å². The number of rotatable bonds is 2. The van der Waals surface area contributed by atoms with Crippen LogP contribution in [0, 0.1) is 0 Å². The highest BCUT2D eigenvalue weighted by atomic mass is 35.5. The molecular formula is C16H22ClNO4S. The summed E-state index contributed by atoms with van der Waals surface area (Å²) in [6, 6.07) is 6.12. The van der Waals surface area contributed by atoms with Gasteiger partial charge in [0.15, 0.2) is 9.84 Å². The summed E-state index contributed by atoms with van der Waals surface area (Å²) in [5.41, 5.74) is -0.598. The second-order valence-corrected chi connectivity index (χ2v) is 9.35. The van der Waals surface area contributed by atoms with E-state index in [4.69, 9.17) is 16.3 Å². The highest BCUT2D eigenvalue weighted by Crippen LogP contribution is 2.25. The van der Waals surface area contributed by atoms with Crippen molar-refractivity contribution in [2.75, 3.05) is 13.1 Å². The van der Waals surface area contributed by atoms with Gasteiger partial charge in [0.05, 0.1) is 10.1 Å². The highest BCUT2D eigenvalue weighted by molar-refractivity contribution is 7.92. The molecule has 1 aliphatic rings. The Balaban J connectivity index is 2.14. The van der Waals surface area contributed by atoms with Crippen molar-refractivity contribution in [2.24, 2.45) is 0 Å². The first-order chi connectivity index (χ1) is 10.6. The average molecular weight is 360 g/mol. The molecule has 7 heteroatoms. The van der Waals surface area contributed by atoms with Gasteiger partial charge in [-0.3, -0.25) is 0 Å². The third-order valence-electron chi connectivity index (χ3n) is 3.61. The van der Waals surface area contributed by atoms with Gasteiger partial charge in [-0.05, 0) is 57.9 Å². The van der Waals surface area contributed by atoms with E-state index in [0.29, 0.717) is 24.4 Å². The van der Waals surface area contributed by atoms with Crippen LogP contribution in [0.25, 0.3) is 0 Å². The summed E-state index contributed by atoms with van der Waals surface area (Å²) >= 11 is 5.81. The van der Waals surface area contributed by atoms with Crippen molar-refractivity contribution < 1.29 is 17.9 Å². The van der Waals surface area contributed by atoms with Crippen LogP contribution in [0.15, 0.2) is 29.2 Å². The van der Waals surface area contributed by atoms with Crippen molar-refractivity contribution in [3.8, 4) is 0 Å². The Kier molecular flexibility index (Phi) is 5.26. The Morgan fingerprint density at radius 2 is 1.87 bits per heavy atom. The molecule has 0 spiro atoms. The van der Waals surface area contributed by atoms with E-state index in [1.165, 1.54) is 17.0 Å². The topological polar surface area (TPSA) is 63.7 Å². The number of amides is 1. The monoisotopic (exact) mass is 359 g/mol. The number of sulfone groups is 1. The SMILES string of the molecule is CC(C)(C)OC(=O)N1CCCC(S(=O)(=O)c2ccc(Cl)cc2)C1. The van der Waals surface area contributed by atoms with E-state index in [2.05, 4.69) is 0 Å². The zero-order valence-corrected chi connectivity index (χ0v) is 15.2. The molecule has 1 unspecified atom stereocenters. The van der Waals surface area contributed by atoms with Crippen LogP contribution < -0.4 is 0 Å². The van der Waals surface area contributed by atoms with E-state index < -0.39 is 26.8 Å². The second kappa shape index (κ2) is 6.69. The minimum Gasteiger partial charge on any atom is -0.444 e. The first-order valence-corrected chi connectivity index (χ1v) is 9.49. The van der Waals surface area contributed by atoms with Crippen molar-refractivity contribution >= 4 is 27.5 Å². The number of carbonyl (C=O) groups excluding carboxylic acids is 1. The molecule has 0 N–H and O–H groups in total. The zero-order valence-electron chi connectivity index (χ0n) is 13.6. The lowest BCUT2D eigenvalue weighted by atomic mass is 10.1. The molecule has 1 aliphatic heterocycles. The van der Waals surface area contributed by atoms with E-state index in [1.54, 1.807) is 32.9 Å². The van der Waals surface area contributed by atoms with Gasteiger partial charge in [0.25, 0.3) is 0 Å². The van der Waals surface area contributed by atoms with Crippen molar-refractivity contribution in [1.82, 2.24) is 4.90 Å². The highest BCUT2D eigenvalue weighted by Gasteiger charge is 2.35. The van der Waals surface area contributed by atoms with Crippen LogP contribution in [0.3, 0.4) is 0 Å². The first kappa shape index (κ1) is 18.1. The molecule has 1 atom stereocenters.